The Bertz CT molecular complexity index is 867. The molecule has 162 valence electrons. The third kappa shape index (κ3) is 6.14. The average molecular weight is 430 g/mol. The number of carbonyl (C=O) groups excluding carboxylic acids is 2. The minimum Gasteiger partial charge on any atom is -0.444 e. The Morgan fingerprint density at radius 1 is 1.28 bits per heavy atom. The van der Waals surface area contributed by atoms with Gasteiger partial charge in [-0.05, 0) is 65.3 Å². The molecule has 10 heteroatoms. The number of ether oxygens (including phenoxy) is 1. The van der Waals surface area contributed by atoms with Crippen molar-refractivity contribution in [2.45, 2.75) is 56.6 Å². The van der Waals surface area contributed by atoms with Crippen LogP contribution in [0.1, 0.15) is 50.4 Å². The molecule has 0 spiro atoms. The van der Waals surface area contributed by atoms with E-state index in [1.54, 1.807) is 20.8 Å². The molecule has 0 aliphatic carbocycles. The van der Waals surface area contributed by atoms with E-state index in [9.17, 15) is 22.4 Å². The van der Waals surface area contributed by atoms with Gasteiger partial charge in [-0.2, -0.15) is 0 Å². The van der Waals surface area contributed by atoms with Crippen molar-refractivity contribution in [3.8, 4) is 0 Å². The summed E-state index contributed by atoms with van der Waals surface area (Å²) < 4.78 is 45.7. The van der Waals surface area contributed by atoms with Gasteiger partial charge in [0.15, 0.2) is 0 Å². The lowest BCUT2D eigenvalue weighted by Gasteiger charge is -2.36. The number of nitrogens with one attached hydrogen (secondary N) is 2. The monoisotopic (exact) mass is 429 g/mol. The van der Waals surface area contributed by atoms with Gasteiger partial charge in [0.2, 0.25) is 10.0 Å². The quantitative estimate of drug-likeness (QED) is 0.747. The van der Waals surface area contributed by atoms with E-state index in [0.717, 1.165) is 31.0 Å². The number of amides is 2. The summed E-state index contributed by atoms with van der Waals surface area (Å²) in [6.45, 7) is 5.80. The van der Waals surface area contributed by atoms with Crippen molar-refractivity contribution >= 4 is 22.0 Å². The Kier molecular flexibility index (Phi) is 7.23. The number of sulfonamides is 1. The molecule has 0 aromatic heterocycles. The zero-order chi connectivity index (χ0) is 21.8. The van der Waals surface area contributed by atoms with Crippen LogP contribution in [-0.2, 0) is 14.8 Å². The zero-order valence-corrected chi connectivity index (χ0v) is 17.9. The number of hydrogen-bond donors (Lipinski definition) is 2. The summed E-state index contributed by atoms with van der Waals surface area (Å²) in [6.07, 6.45) is 1.65. The van der Waals surface area contributed by atoms with Crippen LogP contribution in [0.2, 0.25) is 0 Å². The van der Waals surface area contributed by atoms with Crippen LogP contribution in [0, 0.1) is 5.82 Å². The van der Waals surface area contributed by atoms with Crippen molar-refractivity contribution in [2.75, 3.05) is 20.1 Å². The van der Waals surface area contributed by atoms with Crippen LogP contribution in [0.3, 0.4) is 0 Å². The minimum atomic E-state index is -3.82. The Morgan fingerprint density at radius 2 is 1.97 bits per heavy atom. The number of nitrogens with zero attached hydrogens (tertiary/aromatic N) is 1. The molecule has 2 rings (SSSR count). The average Bonchev–Trinajstić information content (AvgIpc) is 2.65. The highest BCUT2D eigenvalue weighted by atomic mass is 32.2. The van der Waals surface area contributed by atoms with Crippen LogP contribution < -0.4 is 10.0 Å². The highest BCUT2D eigenvalue weighted by Gasteiger charge is 2.30. The van der Waals surface area contributed by atoms with E-state index < -0.39 is 33.4 Å². The second-order valence-corrected chi connectivity index (χ2v) is 9.77. The summed E-state index contributed by atoms with van der Waals surface area (Å²) in [4.78, 5) is 26.2. The van der Waals surface area contributed by atoms with Gasteiger partial charge in [0.05, 0.1) is 10.5 Å². The second kappa shape index (κ2) is 9.08. The summed E-state index contributed by atoms with van der Waals surface area (Å²) >= 11 is 0. The molecule has 0 radical (unpaired) electrons. The molecular formula is C19H28FN3O5S. The predicted molar refractivity (Wildman–Crippen MR) is 106 cm³/mol. The van der Waals surface area contributed by atoms with E-state index in [1.165, 1.54) is 11.9 Å². The third-order valence-electron chi connectivity index (χ3n) is 4.52. The first kappa shape index (κ1) is 23.1. The molecular weight excluding hydrogens is 401 g/mol. The van der Waals surface area contributed by atoms with Crippen LogP contribution in [0.25, 0.3) is 0 Å². The van der Waals surface area contributed by atoms with Gasteiger partial charge in [0, 0.05) is 19.1 Å². The molecule has 1 aromatic carbocycles. The lowest BCUT2D eigenvalue weighted by Crippen LogP contribution is -2.50. The molecule has 1 aliphatic heterocycles. The fourth-order valence-electron chi connectivity index (χ4n) is 3.10. The number of alkyl carbamates (subject to hydrolysis) is 1. The van der Waals surface area contributed by atoms with Gasteiger partial charge in [-0.15, -0.1) is 0 Å². The Balaban J connectivity index is 2.19. The summed E-state index contributed by atoms with van der Waals surface area (Å²) in [6, 6.07) is 2.77. The van der Waals surface area contributed by atoms with Crippen LogP contribution in [0.5, 0.6) is 0 Å². The van der Waals surface area contributed by atoms with Crippen molar-refractivity contribution in [3.05, 3.63) is 29.6 Å². The standard InChI is InChI=1S/C19H28FN3O5S/c1-19(2,3)28-18(25)22-12-13-7-5-6-10-23(13)17(24)15-11-14(8-9-16(15)20)29(26,27)21-4/h8-9,11,13,21H,5-7,10,12H2,1-4H3,(H,22,25). The number of hydrogen-bond acceptors (Lipinski definition) is 5. The molecule has 8 nitrogen and oxygen atoms in total. The highest BCUT2D eigenvalue weighted by Crippen LogP contribution is 2.23. The maximum atomic E-state index is 14.3. The summed E-state index contributed by atoms with van der Waals surface area (Å²) in [7, 11) is -2.58. The summed E-state index contributed by atoms with van der Waals surface area (Å²) in [5, 5.41) is 2.65. The number of carbonyl (C=O) groups is 2. The van der Waals surface area contributed by atoms with Gasteiger partial charge in [0.25, 0.3) is 5.91 Å². The van der Waals surface area contributed by atoms with Crippen molar-refractivity contribution < 1.29 is 27.1 Å². The molecule has 1 aliphatic rings. The van der Waals surface area contributed by atoms with E-state index in [1.807, 2.05) is 0 Å². The number of benzene rings is 1. The lowest BCUT2D eigenvalue weighted by atomic mass is 10.0. The SMILES string of the molecule is CNS(=O)(=O)c1ccc(F)c(C(=O)N2CCCCC2CNC(=O)OC(C)(C)C)c1. The van der Waals surface area contributed by atoms with E-state index in [2.05, 4.69) is 10.0 Å². The van der Waals surface area contributed by atoms with Crippen LogP contribution >= 0.6 is 0 Å². The molecule has 1 unspecified atom stereocenters. The van der Waals surface area contributed by atoms with Crippen molar-refractivity contribution in [1.82, 2.24) is 14.9 Å². The molecule has 1 fully saturated rings. The van der Waals surface area contributed by atoms with E-state index in [4.69, 9.17) is 4.74 Å². The largest absolute Gasteiger partial charge is 0.444 e. The van der Waals surface area contributed by atoms with Gasteiger partial charge < -0.3 is 15.0 Å². The van der Waals surface area contributed by atoms with Crippen molar-refractivity contribution in [1.29, 1.82) is 0 Å². The van der Waals surface area contributed by atoms with Gasteiger partial charge in [0.1, 0.15) is 11.4 Å². The van der Waals surface area contributed by atoms with Crippen molar-refractivity contribution in [2.24, 2.45) is 0 Å². The highest BCUT2D eigenvalue weighted by molar-refractivity contribution is 7.89. The summed E-state index contributed by atoms with van der Waals surface area (Å²) in [5.74, 6) is -1.40. The minimum absolute atomic E-state index is 0.163. The molecule has 1 aromatic rings. The predicted octanol–water partition coefficient (Wildman–Crippen LogP) is 2.25. The van der Waals surface area contributed by atoms with Crippen LogP contribution in [0.4, 0.5) is 9.18 Å². The molecule has 2 amide bonds. The zero-order valence-electron chi connectivity index (χ0n) is 17.1. The van der Waals surface area contributed by atoms with E-state index in [0.29, 0.717) is 13.0 Å². The molecule has 29 heavy (non-hydrogen) atoms. The number of rotatable bonds is 5. The molecule has 1 saturated heterocycles. The van der Waals surface area contributed by atoms with E-state index in [-0.39, 0.29) is 23.0 Å². The summed E-state index contributed by atoms with van der Waals surface area (Å²) in [5.41, 5.74) is -0.959. The van der Waals surface area contributed by atoms with Crippen molar-refractivity contribution in [3.63, 3.8) is 0 Å². The first-order valence-electron chi connectivity index (χ1n) is 9.45. The third-order valence-corrected chi connectivity index (χ3v) is 5.93. The van der Waals surface area contributed by atoms with Gasteiger partial charge in [-0.1, -0.05) is 0 Å². The molecule has 2 N–H and O–H groups in total. The molecule has 1 heterocycles. The fraction of sp³-hybridized carbons (Fsp3) is 0.579. The fourth-order valence-corrected chi connectivity index (χ4v) is 3.86. The maximum absolute atomic E-state index is 14.3. The maximum Gasteiger partial charge on any atom is 0.407 e. The molecule has 0 bridgehead atoms. The van der Waals surface area contributed by atoms with Gasteiger partial charge in [-0.25, -0.2) is 22.3 Å². The molecule has 1 atom stereocenters. The number of halogens is 1. The first-order valence-corrected chi connectivity index (χ1v) is 10.9. The Labute approximate surface area is 170 Å². The van der Waals surface area contributed by atoms with Gasteiger partial charge in [-0.3, -0.25) is 4.79 Å². The van der Waals surface area contributed by atoms with Crippen LogP contribution in [-0.4, -0.2) is 57.1 Å². The topological polar surface area (TPSA) is 105 Å². The number of piperidine rings is 1. The van der Waals surface area contributed by atoms with Crippen LogP contribution in [0.15, 0.2) is 23.1 Å². The first-order chi connectivity index (χ1) is 13.4. The van der Waals surface area contributed by atoms with Gasteiger partial charge >= 0.3 is 6.09 Å². The second-order valence-electron chi connectivity index (χ2n) is 7.88. The Hall–Kier alpha value is -2.20. The normalized spacial score (nSPS) is 17.7. The number of likely N-dealkylation sites (tertiary alicyclic amines) is 1. The lowest BCUT2D eigenvalue weighted by molar-refractivity contribution is 0.0461. The Morgan fingerprint density at radius 3 is 2.59 bits per heavy atom. The smallest absolute Gasteiger partial charge is 0.407 e. The van der Waals surface area contributed by atoms with E-state index >= 15 is 0 Å². The molecule has 0 saturated carbocycles.